The molecular formula is C17H22N4O2. The molecular weight excluding hydrogens is 292 g/mol. The van der Waals surface area contributed by atoms with Crippen LogP contribution in [-0.2, 0) is 18.3 Å². The number of ether oxygens (including phenoxy) is 1. The van der Waals surface area contributed by atoms with Crippen molar-refractivity contribution >= 4 is 11.6 Å². The van der Waals surface area contributed by atoms with Crippen LogP contribution < -0.4 is 5.32 Å². The third-order valence-electron chi connectivity index (χ3n) is 4.13. The van der Waals surface area contributed by atoms with E-state index in [4.69, 9.17) is 4.74 Å². The van der Waals surface area contributed by atoms with Gasteiger partial charge in [0.15, 0.2) is 0 Å². The lowest BCUT2D eigenvalue weighted by Crippen LogP contribution is -2.40. The van der Waals surface area contributed by atoms with E-state index in [0.29, 0.717) is 32.8 Å². The zero-order valence-corrected chi connectivity index (χ0v) is 13.6. The van der Waals surface area contributed by atoms with Gasteiger partial charge in [-0.2, -0.15) is 0 Å². The Kier molecular flexibility index (Phi) is 4.62. The molecule has 1 fully saturated rings. The van der Waals surface area contributed by atoms with Crippen LogP contribution in [0.25, 0.3) is 0 Å². The van der Waals surface area contributed by atoms with Crippen LogP contribution in [0.2, 0.25) is 0 Å². The van der Waals surface area contributed by atoms with Crippen molar-refractivity contribution in [3.05, 3.63) is 47.5 Å². The number of carbonyl (C=O) groups excluding carboxylic acids is 1. The van der Waals surface area contributed by atoms with Gasteiger partial charge in [0.2, 0.25) is 0 Å². The highest BCUT2D eigenvalue weighted by molar-refractivity contribution is 5.95. The van der Waals surface area contributed by atoms with Gasteiger partial charge in [0.25, 0.3) is 5.91 Å². The van der Waals surface area contributed by atoms with Crippen molar-refractivity contribution in [3.8, 4) is 0 Å². The normalized spacial score (nSPS) is 14.8. The number of benzene rings is 1. The maximum Gasteiger partial charge on any atom is 0.254 e. The largest absolute Gasteiger partial charge is 0.378 e. The van der Waals surface area contributed by atoms with Crippen molar-refractivity contribution in [2.45, 2.75) is 13.5 Å². The number of hydrogen-bond acceptors (Lipinski definition) is 4. The van der Waals surface area contributed by atoms with E-state index in [9.17, 15) is 4.79 Å². The van der Waals surface area contributed by atoms with Crippen LogP contribution in [0.4, 0.5) is 5.69 Å². The second kappa shape index (κ2) is 6.83. The Morgan fingerprint density at radius 2 is 2.13 bits per heavy atom. The van der Waals surface area contributed by atoms with Crippen LogP contribution in [-0.4, -0.2) is 46.7 Å². The maximum absolute atomic E-state index is 12.5. The molecule has 1 aromatic carbocycles. The second-order valence-corrected chi connectivity index (χ2v) is 5.74. The van der Waals surface area contributed by atoms with Crippen molar-refractivity contribution in [1.82, 2.24) is 14.5 Å². The summed E-state index contributed by atoms with van der Waals surface area (Å²) in [4.78, 5) is 18.6. The molecule has 122 valence electrons. The first kappa shape index (κ1) is 15.6. The number of amides is 1. The molecule has 6 heteroatoms. The first-order valence-electron chi connectivity index (χ1n) is 7.83. The van der Waals surface area contributed by atoms with Gasteiger partial charge in [0.1, 0.15) is 5.82 Å². The van der Waals surface area contributed by atoms with E-state index in [0.717, 1.165) is 22.6 Å². The third-order valence-corrected chi connectivity index (χ3v) is 4.13. The number of imidazole rings is 1. The van der Waals surface area contributed by atoms with Gasteiger partial charge in [0.05, 0.1) is 19.8 Å². The molecule has 1 aliphatic rings. The van der Waals surface area contributed by atoms with Crippen molar-refractivity contribution < 1.29 is 9.53 Å². The van der Waals surface area contributed by atoms with Crippen molar-refractivity contribution in [2.24, 2.45) is 7.05 Å². The van der Waals surface area contributed by atoms with E-state index in [-0.39, 0.29) is 5.91 Å². The van der Waals surface area contributed by atoms with E-state index in [1.54, 1.807) is 6.20 Å². The molecule has 0 spiro atoms. The lowest BCUT2D eigenvalue weighted by atomic mass is 10.1. The molecule has 23 heavy (non-hydrogen) atoms. The van der Waals surface area contributed by atoms with Gasteiger partial charge in [0, 0.05) is 43.8 Å². The Morgan fingerprint density at radius 3 is 2.78 bits per heavy atom. The van der Waals surface area contributed by atoms with Crippen LogP contribution >= 0.6 is 0 Å². The number of nitrogens with zero attached hydrogens (tertiary/aromatic N) is 3. The topological polar surface area (TPSA) is 59.4 Å². The number of anilines is 1. The Bertz CT molecular complexity index is 690. The summed E-state index contributed by atoms with van der Waals surface area (Å²) in [6.07, 6.45) is 3.71. The fraction of sp³-hybridized carbons (Fsp3) is 0.412. The van der Waals surface area contributed by atoms with Gasteiger partial charge in [-0.25, -0.2) is 4.98 Å². The molecule has 0 bridgehead atoms. The summed E-state index contributed by atoms with van der Waals surface area (Å²) in [5.74, 6) is 1.05. The molecule has 2 heterocycles. The standard InChI is InChI=1S/C17H22N4O2/c1-13-11-14(17(22)21-7-9-23-10-8-21)3-4-15(13)19-12-16-18-5-6-20(16)2/h3-6,11,19H,7-10,12H2,1-2H3. The van der Waals surface area contributed by atoms with Gasteiger partial charge >= 0.3 is 0 Å². The average molecular weight is 314 g/mol. The SMILES string of the molecule is Cc1cc(C(=O)N2CCOCC2)ccc1NCc1nccn1C. The molecule has 6 nitrogen and oxygen atoms in total. The number of rotatable bonds is 4. The predicted octanol–water partition coefficient (Wildman–Crippen LogP) is 1.81. The summed E-state index contributed by atoms with van der Waals surface area (Å²) in [5, 5.41) is 3.37. The van der Waals surface area contributed by atoms with Crippen LogP contribution in [0.1, 0.15) is 21.7 Å². The minimum Gasteiger partial charge on any atom is -0.378 e. The first-order valence-corrected chi connectivity index (χ1v) is 7.83. The lowest BCUT2D eigenvalue weighted by molar-refractivity contribution is 0.0303. The summed E-state index contributed by atoms with van der Waals surface area (Å²) in [6, 6.07) is 5.79. The molecule has 1 saturated heterocycles. The zero-order valence-electron chi connectivity index (χ0n) is 13.6. The van der Waals surface area contributed by atoms with E-state index in [1.165, 1.54) is 0 Å². The summed E-state index contributed by atoms with van der Waals surface area (Å²) < 4.78 is 7.28. The summed E-state index contributed by atoms with van der Waals surface area (Å²) in [5.41, 5.74) is 2.80. The van der Waals surface area contributed by atoms with E-state index >= 15 is 0 Å². The van der Waals surface area contributed by atoms with Crippen LogP contribution in [0.15, 0.2) is 30.6 Å². The zero-order chi connectivity index (χ0) is 16.2. The molecule has 0 atom stereocenters. The number of morpholine rings is 1. The number of hydrogen-bond donors (Lipinski definition) is 1. The van der Waals surface area contributed by atoms with Gasteiger partial charge in [-0.15, -0.1) is 0 Å². The average Bonchev–Trinajstić information content (AvgIpc) is 2.99. The molecule has 1 amide bonds. The van der Waals surface area contributed by atoms with E-state index < -0.39 is 0 Å². The molecule has 1 N–H and O–H groups in total. The third kappa shape index (κ3) is 3.53. The first-order chi connectivity index (χ1) is 11.1. The summed E-state index contributed by atoms with van der Waals surface area (Å²) >= 11 is 0. The number of nitrogens with one attached hydrogen (secondary N) is 1. The summed E-state index contributed by atoms with van der Waals surface area (Å²) in [6.45, 7) is 5.23. The number of aryl methyl sites for hydroxylation is 2. The summed E-state index contributed by atoms with van der Waals surface area (Å²) in [7, 11) is 1.97. The van der Waals surface area contributed by atoms with Crippen molar-refractivity contribution in [3.63, 3.8) is 0 Å². The fourth-order valence-corrected chi connectivity index (χ4v) is 2.69. The minimum absolute atomic E-state index is 0.0760. The smallest absolute Gasteiger partial charge is 0.254 e. The van der Waals surface area contributed by atoms with E-state index in [2.05, 4.69) is 10.3 Å². The van der Waals surface area contributed by atoms with Crippen molar-refractivity contribution in [1.29, 1.82) is 0 Å². The predicted molar refractivity (Wildman–Crippen MR) is 88.4 cm³/mol. The fourth-order valence-electron chi connectivity index (χ4n) is 2.69. The molecule has 1 aromatic heterocycles. The molecule has 0 radical (unpaired) electrons. The van der Waals surface area contributed by atoms with Crippen LogP contribution in [0, 0.1) is 6.92 Å². The monoisotopic (exact) mass is 314 g/mol. The molecule has 1 aliphatic heterocycles. The molecule has 0 aliphatic carbocycles. The van der Waals surface area contributed by atoms with Crippen LogP contribution in [0.3, 0.4) is 0 Å². The lowest BCUT2D eigenvalue weighted by Gasteiger charge is -2.27. The number of aromatic nitrogens is 2. The van der Waals surface area contributed by atoms with Gasteiger partial charge in [-0.1, -0.05) is 0 Å². The molecule has 2 aromatic rings. The molecule has 0 saturated carbocycles. The Morgan fingerprint density at radius 1 is 1.35 bits per heavy atom. The highest BCUT2D eigenvalue weighted by atomic mass is 16.5. The van der Waals surface area contributed by atoms with Gasteiger partial charge < -0.3 is 19.5 Å². The highest BCUT2D eigenvalue weighted by Gasteiger charge is 2.18. The Labute approximate surface area is 136 Å². The number of carbonyl (C=O) groups is 1. The highest BCUT2D eigenvalue weighted by Crippen LogP contribution is 2.19. The Balaban J connectivity index is 1.67. The maximum atomic E-state index is 12.5. The minimum atomic E-state index is 0.0760. The van der Waals surface area contributed by atoms with Gasteiger partial charge in [-0.05, 0) is 30.7 Å². The quantitative estimate of drug-likeness (QED) is 0.935. The Hall–Kier alpha value is -2.34. The van der Waals surface area contributed by atoms with Crippen LogP contribution in [0.5, 0.6) is 0 Å². The second-order valence-electron chi connectivity index (χ2n) is 5.74. The van der Waals surface area contributed by atoms with Crippen molar-refractivity contribution in [2.75, 3.05) is 31.6 Å². The van der Waals surface area contributed by atoms with Gasteiger partial charge in [-0.3, -0.25) is 4.79 Å². The molecule has 0 unspecified atom stereocenters. The molecule has 3 rings (SSSR count). The van der Waals surface area contributed by atoms with E-state index in [1.807, 2.05) is 47.8 Å².